The largest absolute Gasteiger partial charge is 0.372 e. The molecule has 1 aliphatic heterocycles. The van der Waals surface area contributed by atoms with Crippen LogP contribution in [-0.2, 0) is 17.8 Å². The van der Waals surface area contributed by atoms with Gasteiger partial charge >= 0.3 is 0 Å². The Labute approximate surface area is 206 Å². The minimum Gasteiger partial charge on any atom is -0.372 e. The number of ether oxygens (including phenoxy) is 1. The first kappa shape index (κ1) is 25.4. The topological polar surface area (TPSA) is 66.0 Å². The predicted molar refractivity (Wildman–Crippen MR) is 136 cm³/mol. The minimum absolute atomic E-state index is 0. The first-order chi connectivity index (χ1) is 14.4. The molecule has 1 aliphatic rings. The van der Waals surface area contributed by atoms with Gasteiger partial charge in [-0.1, -0.05) is 35.9 Å². The highest BCUT2D eigenvalue weighted by Gasteiger charge is 2.26. The highest BCUT2D eigenvalue weighted by atomic mass is 127. The predicted octanol–water partition coefficient (Wildman–Crippen LogP) is 4.07. The van der Waals surface area contributed by atoms with Crippen LogP contribution in [0.2, 0.25) is 5.02 Å². The van der Waals surface area contributed by atoms with Gasteiger partial charge in [0.2, 0.25) is 0 Å². The fourth-order valence-electron chi connectivity index (χ4n) is 3.53. The van der Waals surface area contributed by atoms with Crippen molar-refractivity contribution in [2.45, 2.75) is 39.1 Å². The van der Waals surface area contributed by atoms with E-state index < -0.39 is 0 Å². The van der Waals surface area contributed by atoms with E-state index in [0.29, 0.717) is 42.7 Å². The third kappa shape index (κ3) is 7.66. The molecule has 1 fully saturated rings. The van der Waals surface area contributed by atoms with Gasteiger partial charge in [0.25, 0.3) is 5.91 Å². The number of hydrogen-bond donors (Lipinski definition) is 2. The maximum absolute atomic E-state index is 12.8. The molecule has 2 aromatic carbocycles. The summed E-state index contributed by atoms with van der Waals surface area (Å²) < 4.78 is 5.71. The number of nitrogens with one attached hydrogen (secondary N) is 2. The third-order valence-corrected chi connectivity index (χ3v) is 5.18. The van der Waals surface area contributed by atoms with Crippen LogP contribution in [0.15, 0.2) is 53.5 Å². The van der Waals surface area contributed by atoms with Gasteiger partial charge in [0.1, 0.15) is 0 Å². The van der Waals surface area contributed by atoms with Gasteiger partial charge in [0.05, 0.1) is 12.2 Å². The Morgan fingerprint density at radius 2 is 1.68 bits per heavy atom. The first-order valence-corrected chi connectivity index (χ1v) is 10.5. The third-order valence-electron chi connectivity index (χ3n) is 4.94. The molecule has 2 N–H and O–H groups in total. The average Bonchev–Trinajstić information content (AvgIpc) is 2.73. The van der Waals surface area contributed by atoms with Gasteiger partial charge in [-0.15, -0.1) is 24.0 Å². The van der Waals surface area contributed by atoms with Crippen LogP contribution in [0.3, 0.4) is 0 Å². The lowest BCUT2D eigenvalue weighted by atomic mass is 10.1. The number of guanidine groups is 1. The number of morpholine rings is 1. The molecule has 8 heteroatoms. The molecule has 2 atom stereocenters. The highest BCUT2D eigenvalue weighted by Crippen LogP contribution is 2.15. The van der Waals surface area contributed by atoms with Gasteiger partial charge in [-0.2, -0.15) is 0 Å². The molecule has 0 spiro atoms. The zero-order valence-corrected chi connectivity index (χ0v) is 21.2. The van der Waals surface area contributed by atoms with Crippen molar-refractivity contribution in [2.24, 2.45) is 4.99 Å². The lowest BCUT2D eigenvalue weighted by molar-refractivity contribution is -0.0586. The van der Waals surface area contributed by atoms with Crippen molar-refractivity contribution >= 4 is 47.4 Å². The Bertz CT molecular complexity index is 881. The quantitative estimate of drug-likeness (QED) is 0.331. The molecule has 0 bridgehead atoms. The van der Waals surface area contributed by atoms with Gasteiger partial charge in [-0.25, -0.2) is 0 Å². The van der Waals surface area contributed by atoms with Crippen molar-refractivity contribution in [3.8, 4) is 0 Å². The number of aliphatic imine (C=N–C) groups is 1. The van der Waals surface area contributed by atoms with Gasteiger partial charge in [0, 0.05) is 43.8 Å². The van der Waals surface area contributed by atoms with Crippen LogP contribution >= 0.6 is 35.6 Å². The summed E-state index contributed by atoms with van der Waals surface area (Å²) in [5, 5.41) is 7.28. The van der Waals surface area contributed by atoms with Gasteiger partial charge < -0.3 is 20.3 Å². The molecule has 6 nitrogen and oxygen atoms in total. The molecule has 3 rings (SSSR count). The second-order valence-corrected chi connectivity index (χ2v) is 8.01. The van der Waals surface area contributed by atoms with Crippen LogP contribution in [0.4, 0.5) is 0 Å². The van der Waals surface area contributed by atoms with Crippen molar-refractivity contribution < 1.29 is 9.53 Å². The van der Waals surface area contributed by atoms with Crippen LogP contribution in [-0.4, -0.2) is 49.1 Å². The molecule has 1 saturated heterocycles. The van der Waals surface area contributed by atoms with E-state index >= 15 is 0 Å². The van der Waals surface area contributed by atoms with E-state index in [1.54, 1.807) is 7.05 Å². The van der Waals surface area contributed by atoms with E-state index in [9.17, 15) is 4.79 Å². The molecule has 0 saturated carbocycles. The number of rotatable bonds is 5. The van der Waals surface area contributed by atoms with Crippen LogP contribution in [0.1, 0.15) is 35.3 Å². The minimum atomic E-state index is 0. The summed E-state index contributed by atoms with van der Waals surface area (Å²) in [6, 6.07) is 15.4. The summed E-state index contributed by atoms with van der Waals surface area (Å²) in [5.41, 5.74) is 2.85. The van der Waals surface area contributed by atoms with Crippen LogP contribution in [0.5, 0.6) is 0 Å². The average molecular weight is 557 g/mol. The molecular weight excluding hydrogens is 527 g/mol. The van der Waals surface area contributed by atoms with E-state index in [2.05, 4.69) is 15.6 Å². The molecule has 2 aromatic rings. The summed E-state index contributed by atoms with van der Waals surface area (Å²) in [6.07, 6.45) is 0.125. The van der Waals surface area contributed by atoms with E-state index in [1.165, 1.54) is 0 Å². The van der Waals surface area contributed by atoms with E-state index in [-0.39, 0.29) is 42.1 Å². The molecule has 0 radical (unpaired) electrons. The Morgan fingerprint density at radius 3 is 2.26 bits per heavy atom. The van der Waals surface area contributed by atoms with Crippen LogP contribution in [0.25, 0.3) is 0 Å². The second-order valence-electron chi connectivity index (χ2n) is 7.57. The number of nitrogens with zero attached hydrogens (tertiary/aromatic N) is 2. The van der Waals surface area contributed by atoms with Crippen molar-refractivity contribution in [1.82, 2.24) is 15.5 Å². The first-order valence-electron chi connectivity index (χ1n) is 10.2. The van der Waals surface area contributed by atoms with Crippen molar-refractivity contribution in [3.63, 3.8) is 0 Å². The molecule has 1 amide bonds. The molecule has 168 valence electrons. The summed E-state index contributed by atoms with van der Waals surface area (Å²) in [5.74, 6) is 0.752. The standard InChI is InChI=1S/C23H29ClN4O2.HI/c1-16-14-28(15-17(2)30-16)22(29)20-9-7-18(8-10-20)12-26-23(25-3)27-13-19-5-4-6-21(24)11-19;/h4-11,16-17H,12-15H2,1-3H3,(H2,25,26,27);1H. The van der Waals surface area contributed by atoms with E-state index in [4.69, 9.17) is 16.3 Å². The molecule has 0 aliphatic carbocycles. The van der Waals surface area contributed by atoms with Crippen LogP contribution in [0, 0.1) is 0 Å². The zero-order valence-electron chi connectivity index (χ0n) is 18.1. The molecule has 2 unspecified atom stereocenters. The Kier molecular flexibility index (Phi) is 10.1. The molecular formula is C23H30ClIN4O2. The number of amides is 1. The summed E-state index contributed by atoms with van der Waals surface area (Å²) in [7, 11) is 1.74. The van der Waals surface area contributed by atoms with Gasteiger partial charge in [0.15, 0.2) is 5.96 Å². The van der Waals surface area contributed by atoms with Crippen molar-refractivity contribution in [1.29, 1.82) is 0 Å². The number of carbonyl (C=O) groups excluding carboxylic acids is 1. The smallest absolute Gasteiger partial charge is 0.254 e. The normalized spacial score (nSPS) is 18.8. The van der Waals surface area contributed by atoms with Gasteiger partial charge in [-0.05, 0) is 49.2 Å². The maximum Gasteiger partial charge on any atom is 0.254 e. The number of benzene rings is 2. The highest BCUT2D eigenvalue weighted by molar-refractivity contribution is 14.0. The van der Waals surface area contributed by atoms with E-state index in [0.717, 1.165) is 11.1 Å². The van der Waals surface area contributed by atoms with Crippen molar-refractivity contribution in [3.05, 3.63) is 70.2 Å². The SMILES string of the molecule is CN=C(NCc1ccc(C(=O)N2CC(C)OC(C)C2)cc1)NCc1cccc(Cl)c1.I. The maximum atomic E-state index is 12.8. The summed E-state index contributed by atoms with van der Waals surface area (Å²) in [6.45, 7) is 6.48. The van der Waals surface area contributed by atoms with Crippen molar-refractivity contribution in [2.75, 3.05) is 20.1 Å². The Hall–Kier alpha value is -1.84. The zero-order chi connectivity index (χ0) is 21.5. The number of hydrogen-bond acceptors (Lipinski definition) is 3. The van der Waals surface area contributed by atoms with Gasteiger partial charge in [-0.3, -0.25) is 9.79 Å². The Balaban J connectivity index is 0.00000341. The van der Waals surface area contributed by atoms with E-state index in [1.807, 2.05) is 67.3 Å². The monoisotopic (exact) mass is 556 g/mol. The molecule has 0 aromatic heterocycles. The summed E-state index contributed by atoms with van der Waals surface area (Å²) >= 11 is 6.03. The number of carbonyl (C=O) groups is 1. The molecule has 1 heterocycles. The number of halogens is 2. The lowest BCUT2D eigenvalue weighted by Gasteiger charge is -2.35. The molecule has 31 heavy (non-hydrogen) atoms. The Morgan fingerprint density at radius 1 is 1.06 bits per heavy atom. The van der Waals surface area contributed by atoms with Crippen LogP contribution < -0.4 is 10.6 Å². The second kappa shape index (κ2) is 12.3. The fraction of sp³-hybridized carbons (Fsp3) is 0.391. The fourth-order valence-corrected chi connectivity index (χ4v) is 3.74. The summed E-state index contributed by atoms with van der Waals surface area (Å²) in [4.78, 5) is 18.9. The lowest BCUT2D eigenvalue weighted by Crippen LogP contribution is -2.48.